The average Bonchev–Trinajstić information content (AvgIpc) is 2.59. The number of ether oxygens (including phenoxy) is 1. The smallest absolute Gasteiger partial charge is 0.328 e. The molecular formula is C15H22FN2O6P. The van der Waals surface area contributed by atoms with Crippen molar-refractivity contribution < 1.29 is 23.9 Å². The van der Waals surface area contributed by atoms with Gasteiger partial charge in [0.25, 0.3) is 5.56 Å². The number of H-pyrrole nitrogens is 1. The molecular weight excluding hydrogens is 354 g/mol. The second kappa shape index (κ2) is 7.78. The Kier molecular flexibility index (Phi) is 6.16. The number of hydrogen-bond donors (Lipinski definition) is 3. The third-order valence-corrected chi connectivity index (χ3v) is 6.05. The van der Waals surface area contributed by atoms with Crippen molar-refractivity contribution in [3.63, 3.8) is 0 Å². The van der Waals surface area contributed by atoms with Gasteiger partial charge in [0.05, 0.1) is 18.8 Å². The van der Waals surface area contributed by atoms with Gasteiger partial charge in [-0.2, -0.15) is 0 Å². The fraction of sp³-hybridized carbons (Fsp3) is 0.600. The molecule has 8 nitrogen and oxygen atoms in total. The number of aliphatic hydroxyl groups is 2. The van der Waals surface area contributed by atoms with Crippen LogP contribution in [0.1, 0.15) is 18.5 Å². The van der Waals surface area contributed by atoms with E-state index in [1.165, 1.54) is 25.0 Å². The summed E-state index contributed by atoms with van der Waals surface area (Å²) < 4.78 is 33.5. The third-order valence-electron chi connectivity index (χ3n) is 4.38. The summed E-state index contributed by atoms with van der Waals surface area (Å²) in [6.45, 7) is 2.98. The lowest BCUT2D eigenvalue weighted by Crippen LogP contribution is -2.46. The molecule has 1 aromatic heterocycles. The first kappa shape index (κ1) is 19.8. The molecule has 2 heterocycles. The van der Waals surface area contributed by atoms with Crippen LogP contribution in [-0.4, -0.2) is 51.3 Å². The van der Waals surface area contributed by atoms with Gasteiger partial charge in [-0.15, -0.1) is 0 Å². The van der Waals surface area contributed by atoms with Crippen LogP contribution in [0.2, 0.25) is 0 Å². The zero-order valence-corrected chi connectivity index (χ0v) is 14.9. The van der Waals surface area contributed by atoms with E-state index in [4.69, 9.17) is 14.9 Å². The Bertz CT molecular complexity index is 796. The quantitative estimate of drug-likeness (QED) is 0.645. The molecule has 0 aromatic carbocycles. The van der Waals surface area contributed by atoms with E-state index >= 15 is 0 Å². The highest BCUT2D eigenvalue weighted by Crippen LogP contribution is 2.45. The maximum Gasteiger partial charge on any atom is 0.328 e. The van der Waals surface area contributed by atoms with E-state index in [0.29, 0.717) is 0 Å². The number of hydrogen-bond acceptors (Lipinski definition) is 6. The molecule has 1 fully saturated rings. The number of aryl methyl sites for hydroxylation is 1. The Morgan fingerprint density at radius 3 is 2.68 bits per heavy atom. The molecule has 0 spiro atoms. The Morgan fingerprint density at radius 2 is 2.08 bits per heavy atom. The first-order valence-electron chi connectivity index (χ1n) is 7.79. The van der Waals surface area contributed by atoms with E-state index in [0.717, 1.165) is 4.57 Å². The maximum absolute atomic E-state index is 14.8. The highest BCUT2D eigenvalue weighted by Gasteiger charge is 2.38. The van der Waals surface area contributed by atoms with Gasteiger partial charge in [0.1, 0.15) is 18.9 Å². The van der Waals surface area contributed by atoms with Crippen molar-refractivity contribution in [1.29, 1.82) is 0 Å². The lowest BCUT2D eigenvalue weighted by atomic mass is 9.91. The predicted molar refractivity (Wildman–Crippen MR) is 89.8 cm³/mol. The summed E-state index contributed by atoms with van der Waals surface area (Å²) in [5.74, 6) is 0.511. The van der Waals surface area contributed by atoms with Gasteiger partial charge < -0.3 is 19.5 Å². The molecule has 0 amide bonds. The first-order chi connectivity index (χ1) is 11.7. The Hall–Kier alpha value is -1.54. The third kappa shape index (κ3) is 4.17. The molecule has 1 aliphatic heterocycles. The Labute approximate surface area is 143 Å². The van der Waals surface area contributed by atoms with E-state index < -0.39 is 55.3 Å². The minimum Gasteiger partial charge on any atom is -0.388 e. The number of aliphatic hydroxyl groups excluding tert-OH is 2. The fourth-order valence-electron chi connectivity index (χ4n) is 2.66. The number of nitrogens with zero attached hydrogens (tertiary/aromatic N) is 1. The van der Waals surface area contributed by atoms with Crippen molar-refractivity contribution in [3.8, 4) is 0 Å². The van der Waals surface area contributed by atoms with Gasteiger partial charge in [-0.3, -0.25) is 14.3 Å². The second-order valence-corrected chi connectivity index (χ2v) is 8.99. The van der Waals surface area contributed by atoms with Crippen LogP contribution >= 0.6 is 7.14 Å². The van der Waals surface area contributed by atoms with E-state index in [9.17, 15) is 18.5 Å². The molecule has 3 N–H and O–H groups in total. The molecule has 140 valence electrons. The number of halogens is 1. The number of alkyl halides is 1. The summed E-state index contributed by atoms with van der Waals surface area (Å²) >= 11 is 0. The monoisotopic (exact) mass is 376 g/mol. The summed E-state index contributed by atoms with van der Waals surface area (Å²) in [7, 11) is -3.25. The minimum absolute atomic E-state index is 0.117. The molecule has 10 heteroatoms. The zero-order valence-electron chi connectivity index (χ0n) is 14.0. The van der Waals surface area contributed by atoms with Crippen molar-refractivity contribution in [3.05, 3.63) is 44.5 Å². The topological polar surface area (TPSA) is 122 Å². The number of rotatable bonds is 5. The maximum atomic E-state index is 14.8. The SMILES string of the molecule is Cc1cn([C@@H]2COC(/C=C/P(=O)(CO)CO)[C@@H](C)[C@H]2F)c(=O)[nH]c1=O. The van der Waals surface area contributed by atoms with Crippen LogP contribution in [0.3, 0.4) is 0 Å². The zero-order chi connectivity index (χ0) is 18.8. The van der Waals surface area contributed by atoms with E-state index in [1.54, 1.807) is 6.92 Å². The Morgan fingerprint density at radius 1 is 1.44 bits per heavy atom. The molecule has 0 aliphatic carbocycles. The van der Waals surface area contributed by atoms with Crippen LogP contribution in [0.4, 0.5) is 4.39 Å². The summed E-state index contributed by atoms with van der Waals surface area (Å²) in [6.07, 6.45) is -0.854. The van der Waals surface area contributed by atoms with Crippen molar-refractivity contribution >= 4 is 7.14 Å². The standard InChI is InChI=1S/C15H22FN2O6P/c1-9-5-18(15(22)17-14(9)21)11-6-24-12(10(2)13(11)16)3-4-25(23,7-19)8-20/h3-5,10-13,19-20H,6-8H2,1-2H3,(H,17,21,22)/b4-3+/t10-,11-,12?,13-/m1/s1. The van der Waals surface area contributed by atoms with Crippen LogP contribution in [0, 0.1) is 12.8 Å². The van der Waals surface area contributed by atoms with Crippen molar-refractivity contribution in [2.75, 3.05) is 19.3 Å². The average molecular weight is 376 g/mol. The molecule has 2 rings (SSSR count). The molecule has 4 atom stereocenters. The molecule has 0 bridgehead atoms. The normalized spacial score (nSPS) is 27.7. The lowest BCUT2D eigenvalue weighted by molar-refractivity contribution is -0.0686. The predicted octanol–water partition coefficient (Wildman–Crippen LogP) is 0.536. The molecule has 1 aromatic rings. The van der Waals surface area contributed by atoms with Gasteiger partial charge in [0.2, 0.25) is 0 Å². The summed E-state index contributed by atoms with van der Waals surface area (Å²) in [6, 6.07) is -0.898. The number of aromatic amines is 1. The van der Waals surface area contributed by atoms with Crippen LogP contribution in [0.15, 0.2) is 27.7 Å². The summed E-state index contributed by atoms with van der Waals surface area (Å²) in [4.78, 5) is 25.5. The van der Waals surface area contributed by atoms with E-state index in [1.807, 2.05) is 0 Å². The van der Waals surface area contributed by atoms with Crippen molar-refractivity contribution in [1.82, 2.24) is 9.55 Å². The van der Waals surface area contributed by atoms with Gasteiger partial charge in [-0.1, -0.05) is 13.0 Å². The summed E-state index contributed by atoms with van der Waals surface area (Å²) in [5, 5.41) is 18.1. The molecule has 0 radical (unpaired) electrons. The highest BCUT2D eigenvalue weighted by molar-refractivity contribution is 7.66. The van der Waals surface area contributed by atoms with Crippen LogP contribution < -0.4 is 11.2 Å². The van der Waals surface area contributed by atoms with Crippen molar-refractivity contribution in [2.24, 2.45) is 5.92 Å². The van der Waals surface area contributed by atoms with Crippen LogP contribution in [0.5, 0.6) is 0 Å². The minimum atomic E-state index is -3.25. The first-order valence-corrected chi connectivity index (χ1v) is 9.93. The molecule has 1 unspecified atom stereocenters. The van der Waals surface area contributed by atoms with Gasteiger partial charge in [0, 0.05) is 17.7 Å². The van der Waals surface area contributed by atoms with E-state index in [-0.39, 0.29) is 12.2 Å². The van der Waals surface area contributed by atoms with E-state index in [2.05, 4.69) is 4.98 Å². The Balaban J connectivity index is 2.22. The molecule has 25 heavy (non-hydrogen) atoms. The van der Waals surface area contributed by atoms with Gasteiger partial charge in [0.15, 0.2) is 7.14 Å². The number of nitrogens with one attached hydrogen (secondary N) is 1. The highest BCUT2D eigenvalue weighted by atomic mass is 31.2. The van der Waals surface area contributed by atoms with Crippen molar-refractivity contribution in [2.45, 2.75) is 32.2 Å². The number of aromatic nitrogens is 2. The lowest BCUT2D eigenvalue weighted by Gasteiger charge is -2.37. The van der Waals surface area contributed by atoms with Crippen LogP contribution in [0.25, 0.3) is 0 Å². The molecule has 0 saturated carbocycles. The van der Waals surface area contributed by atoms with Crippen LogP contribution in [-0.2, 0) is 9.30 Å². The largest absolute Gasteiger partial charge is 0.388 e. The summed E-state index contributed by atoms with van der Waals surface area (Å²) in [5.41, 5.74) is -0.947. The van der Waals surface area contributed by atoms with Gasteiger partial charge >= 0.3 is 5.69 Å². The molecule has 1 aliphatic rings. The van der Waals surface area contributed by atoms with Gasteiger partial charge in [-0.05, 0) is 12.7 Å². The molecule has 1 saturated heterocycles. The second-order valence-electron chi connectivity index (χ2n) is 6.22. The van der Waals surface area contributed by atoms with Gasteiger partial charge in [-0.25, -0.2) is 9.18 Å². The fourth-order valence-corrected chi connectivity index (χ4v) is 3.42.